The lowest BCUT2D eigenvalue weighted by Crippen LogP contribution is -1.97. The highest BCUT2D eigenvalue weighted by molar-refractivity contribution is 6.06. The summed E-state index contributed by atoms with van der Waals surface area (Å²) in [7, 11) is 0. The Morgan fingerprint density at radius 2 is 1.92 bits per heavy atom. The van der Waals surface area contributed by atoms with E-state index in [0.29, 0.717) is 0 Å². The van der Waals surface area contributed by atoms with Crippen molar-refractivity contribution in [2.45, 2.75) is 6.92 Å². The monoisotopic (exact) mass is 327 g/mol. The minimum absolute atomic E-state index is 0.752. The van der Waals surface area contributed by atoms with Gasteiger partial charge in [-0.2, -0.15) is 0 Å². The number of aromatic nitrogens is 6. The molecule has 0 aliphatic carbocycles. The smallest absolute Gasteiger partial charge is 0.167 e. The summed E-state index contributed by atoms with van der Waals surface area (Å²) in [5.41, 5.74) is 5.92. The maximum atomic E-state index is 4.74. The molecule has 0 spiro atoms. The molecule has 7 heteroatoms. The zero-order chi connectivity index (χ0) is 16.8. The maximum Gasteiger partial charge on any atom is 0.167 e. The van der Waals surface area contributed by atoms with Crippen molar-refractivity contribution < 1.29 is 0 Å². The first-order chi connectivity index (χ1) is 12.3. The van der Waals surface area contributed by atoms with E-state index in [4.69, 9.17) is 9.97 Å². The fraction of sp³-hybridized carbons (Fsp3) is 0.0556. The molecule has 5 heterocycles. The Balaban J connectivity index is 1.86. The molecule has 25 heavy (non-hydrogen) atoms. The predicted molar refractivity (Wildman–Crippen MR) is 95.8 cm³/mol. The van der Waals surface area contributed by atoms with Gasteiger partial charge < -0.3 is 5.32 Å². The summed E-state index contributed by atoms with van der Waals surface area (Å²) in [6.45, 7) is 1.96. The van der Waals surface area contributed by atoms with Gasteiger partial charge in [-0.05, 0) is 25.1 Å². The van der Waals surface area contributed by atoms with Crippen LogP contribution in [0.25, 0.3) is 27.7 Å². The second-order valence-electron chi connectivity index (χ2n) is 5.78. The van der Waals surface area contributed by atoms with Gasteiger partial charge in [-0.25, -0.2) is 9.97 Å². The van der Waals surface area contributed by atoms with E-state index in [9.17, 15) is 0 Å². The topological polar surface area (TPSA) is 80.9 Å². The molecule has 5 rings (SSSR count). The minimum Gasteiger partial charge on any atom is -0.353 e. The summed E-state index contributed by atoms with van der Waals surface area (Å²) < 4.78 is 1.93. The van der Waals surface area contributed by atoms with Crippen LogP contribution in [0.15, 0.2) is 55.4 Å². The van der Waals surface area contributed by atoms with E-state index in [0.717, 1.165) is 44.8 Å². The molecule has 120 valence electrons. The molecule has 0 radical (unpaired) electrons. The molecule has 7 nitrogen and oxygen atoms in total. The molecule has 0 amide bonds. The SMILES string of the molecule is Cc1cc(Nc2c3ccncc3nc3c2nc2cnccn23)ccn1. The summed E-state index contributed by atoms with van der Waals surface area (Å²) >= 11 is 0. The van der Waals surface area contributed by atoms with Gasteiger partial charge in [0.2, 0.25) is 0 Å². The fourth-order valence-electron chi connectivity index (χ4n) is 2.99. The summed E-state index contributed by atoms with van der Waals surface area (Å²) in [6, 6.07) is 5.88. The number of hydrogen-bond acceptors (Lipinski definition) is 6. The van der Waals surface area contributed by atoms with E-state index < -0.39 is 0 Å². The lowest BCUT2D eigenvalue weighted by Gasteiger charge is -2.10. The maximum absolute atomic E-state index is 4.74. The van der Waals surface area contributed by atoms with Gasteiger partial charge in [0.1, 0.15) is 5.52 Å². The number of nitrogens with zero attached hydrogens (tertiary/aromatic N) is 6. The van der Waals surface area contributed by atoms with Crippen LogP contribution in [-0.2, 0) is 0 Å². The highest BCUT2D eigenvalue weighted by atomic mass is 15.1. The van der Waals surface area contributed by atoms with Crippen molar-refractivity contribution in [3.63, 3.8) is 0 Å². The standard InChI is InChI=1S/C18H13N7/c1-11-8-12(2-5-21-11)22-16-13-3-4-19-9-14(13)23-18-17(16)24-15-10-20-6-7-25(15)18/h2-10H,1H3,(H,21,22,23). The van der Waals surface area contributed by atoms with Crippen molar-refractivity contribution in [3.8, 4) is 0 Å². The van der Waals surface area contributed by atoms with E-state index in [-0.39, 0.29) is 0 Å². The van der Waals surface area contributed by atoms with Gasteiger partial charge >= 0.3 is 0 Å². The Kier molecular flexibility index (Phi) is 2.87. The quantitative estimate of drug-likeness (QED) is 0.536. The molecule has 0 saturated carbocycles. The summed E-state index contributed by atoms with van der Waals surface area (Å²) in [5, 5.41) is 4.45. The second kappa shape index (κ2) is 5.20. The lowest BCUT2D eigenvalue weighted by atomic mass is 10.2. The summed E-state index contributed by atoms with van der Waals surface area (Å²) in [4.78, 5) is 22.1. The van der Waals surface area contributed by atoms with Crippen LogP contribution < -0.4 is 5.32 Å². The Morgan fingerprint density at radius 3 is 2.84 bits per heavy atom. The van der Waals surface area contributed by atoms with Crippen LogP contribution in [0.4, 0.5) is 11.4 Å². The zero-order valence-electron chi connectivity index (χ0n) is 13.4. The van der Waals surface area contributed by atoms with Crippen molar-refractivity contribution in [2.75, 3.05) is 5.32 Å². The Labute approximate surface area is 142 Å². The molecular weight excluding hydrogens is 314 g/mol. The molecule has 5 aromatic rings. The molecule has 0 unspecified atom stereocenters. The fourth-order valence-corrected chi connectivity index (χ4v) is 2.99. The summed E-state index contributed by atoms with van der Waals surface area (Å²) in [5.74, 6) is 0. The second-order valence-corrected chi connectivity index (χ2v) is 5.78. The third-order valence-electron chi connectivity index (χ3n) is 4.10. The number of pyridine rings is 3. The average molecular weight is 327 g/mol. The van der Waals surface area contributed by atoms with Crippen LogP contribution in [0, 0.1) is 6.92 Å². The number of fused-ring (bicyclic) bond motifs is 4. The Bertz CT molecular complexity index is 1240. The van der Waals surface area contributed by atoms with E-state index in [2.05, 4.69) is 20.3 Å². The van der Waals surface area contributed by atoms with Gasteiger partial charge in [0, 0.05) is 41.6 Å². The number of rotatable bonds is 2. The average Bonchev–Trinajstić information content (AvgIpc) is 3.00. The molecule has 0 aliphatic rings. The molecule has 5 aromatic heterocycles. The highest BCUT2D eigenvalue weighted by Gasteiger charge is 2.15. The first-order valence-corrected chi connectivity index (χ1v) is 7.85. The van der Waals surface area contributed by atoms with Gasteiger partial charge in [-0.3, -0.25) is 19.4 Å². The van der Waals surface area contributed by atoms with E-state index in [1.807, 2.05) is 35.7 Å². The van der Waals surface area contributed by atoms with Crippen molar-refractivity contribution in [1.82, 2.24) is 29.3 Å². The summed E-state index contributed by atoms with van der Waals surface area (Å²) in [6.07, 6.45) is 10.6. The number of anilines is 2. The van der Waals surface area contributed by atoms with Crippen LogP contribution in [0.3, 0.4) is 0 Å². The minimum atomic E-state index is 0.752. The van der Waals surface area contributed by atoms with E-state index in [1.165, 1.54) is 0 Å². The van der Waals surface area contributed by atoms with Crippen LogP contribution in [-0.4, -0.2) is 29.3 Å². The first-order valence-electron chi connectivity index (χ1n) is 7.85. The molecule has 0 fully saturated rings. The van der Waals surface area contributed by atoms with Gasteiger partial charge in [0.25, 0.3) is 0 Å². The molecule has 0 atom stereocenters. The van der Waals surface area contributed by atoms with E-state index >= 15 is 0 Å². The number of nitrogens with one attached hydrogen (secondary N) is 1. The molecular formula is C18H13N7. The van der Waals surface area contributed by atoms with Gasteiger partial charge in [-0.15, -0.1) is 0 Å². The van der Waals surface area contributed by atoms with Crippen LogP contribution in [0.5, 0.6) is 0 Å². The molecule has 0 bridgehead atoms. The highest BCUT2D eigenvalue weighted by Crippen LogP contribution is 2.32. The third-order valence-corrected chi connectivity index (χ3v) is 4.10. The predicted octanol–water partition coefficient (Wildman–Crippen LogP) is 3.27. The number of aryl methyl sites for hydroxylation is 1. The zero-order valence-corrected chi connectivity index (χ0v) is 13.4. The molecule has 0 aliphatic heterocycles. The van der Waals surface area contributed by atoms with Crippen molar-refractivity contribution >= 4 is 39.1 Å². The molecule has 0 aromatic carbocycles. The van der Waals surface area contributed by atoms with Gasteiger partial charge in [0.15, 0.2) is 11.3 Å². The Hall–Kier alpha value is -3.61. The van der Waals surface area contributed by atoms with Gasteiger partial charge in [0.05, 0.1) is 23.6 Å². The van der Waals surface area contributed by atoms with Crippen LogP contribution in [0.2, 0.25) is 0 Å². The van der Waals surface area contributed by atoms with E-state index in [1.54, 1.807) is 31.0 Å². The first kappa shape index (κ1) is 13.8. The van der Waals surface area contributed by atoms with Gasteiger partial charge in [-0.1, -0.05) is 0 Å². The Morgan fingerprint density at radius 1 is 1.00 bits per heavy atom. The molecule has 1 N–H and O–H groups in total. The van der Waals surface area contributed by atoms with Crippen molar-refractivity contribution in [1.29, 1.82) is 0 Å². The van der Waals surface area contributed by atoms with Crippen molar-refractivity contribution in [2.24, 2.45) is 0 Å². The number of imidazole rings is 1. The number of hydrogen-bond donors (Lipinski definition) is 1. The van der Waals surface area contributed by atoms with Crippen LogP contribution >= 0.6 is 0 Å². The third kappa shape index (κ3) is 2.17. The largest absolute Gasteiger partial charge is 0.353 e. The van der Waals surface area contributed by atoms with Crippen molar-refractivity contribution in [3.05, 3.63) is 61.1 Å². The lowest BCUT2D eigenvalue weighted by molar-refractivity contribution is 1.13. The van der Waals surface area contributed by atoms with Crippen LogP contribution in [0.1, 0.15) is 5.69 Å². The normalized spacial score (nSPS) is 11.4. The molecule has 0 saturated heterocycles.